The Hall–Kier alpha value is -0.900. The molecule has 4 heteroatoms. The highest BCUT2D eigenvalue weighted by Crippen LogP contribution is 2.62. The Morgan fingerprint density at radius 2 is 2.18 bits per heavy atom. The zero-order valence-corrected chi connectivity index (χ0v) is 10.1. The Kier molecular flexibility index (Phi) is 2.10. The average Bonchev–Trinajstić information content (AvgIpc) is 2.85. The van der Waals surface area contributed by atoms with Gasteiger partial charge < -0.3 is 9.84 Å². The first-order chi connectivity index (χ1) is 8.37. The molecule has 0 radical (unpaired) electrons. The second-order valence-corrected chi connectivity index (χ2v) is 6.02. The summed E-state index contributed by atoms with van der Waals surface area (Å²) in [6.07, 6.45) is 7.66. The molecule has 1 aliphatic heterocycles. The van der Waals surface area contributed by atoms with E-state index in [1.807, 2.05) is 0 Å². The Morgan fingerprint density at radius 3 is 2.94 bits per heavy atom. The van der Waals surface area contributed by atoms with E-state index in [0.29, 0.717) is 17.3 Å². The van der Waals surface area contributed by atoms with Crippen molar-refractivity contribution in [1.82, 2.24) is 15.5 Å². The summed E-state index contributed by atoms with van der Waals surface area (Å²) < 4.78 is 5.50. The fourth-order valence-electron chi connectivity index (χ4n) is 3.67. The van der Waals surface area contributed by atoms with Crippen LogP contribution in [0.25, 0.3) is 0 Å². The third kappa shape index (κ3) is 1.53. The summed E-state index contributed by atoms with van der Waals surface area (Å²) in [4.78, 5) is 4.67. The SMILES string of the molecule is C1CCC(c2noc(C3CC34CCNC4)n2)C1. The van der Waals surface area contributed by atoms with Gasteiger partial charge in [-0.1, -0.05) is 18.0 Å². The monoisotopic (exact) mass is 233 g/mol. The minimum absolute atomic E-state index is 0.472. The standard InChI is InChI=1S/C13H19N3O/c1-2-4-9(3-1)11-15-12(17-16-11)10-7-13(10)5-6-14-8-13/h9-10,14H,1-8H2. The Bertz CT molecular complexity index is 416. The highest BCUT2D eigenvalue weighted by Gasteiger charge is 2.58. The molecular formula is C13H19N3O. The van der Waals surface area contributed by atoms with E-state index < -0.39 is 0 Å². The molecule has 92 valence electrons. The number of hydrogen-bond acceptors (Lipinski definition) is 4. The molecule has 4 rings (SSSR count). The zero-order valence-electron chi connectivity index (χ0n) is 10.1. The van der Waals surface area contributed by atoms with Gasteiger partial charge in [-0.25, -0.2) is 0 Å². The molecule has 2 saturated carbocycles. The molecule has 3 fully saturated rings. The summed E-state index contributed by atoms with van der Waals surface area (Å²) in [7, 11) is 0. The van der Waals surface area contributed by atoms with Crippen LogP contribution in [0.1, 0.15) is 62.1 Å². The van der Waals surface area contributed by atoms with Crippen molar-refractivity contribution < 1.29 is 4.52 Å². The molecule has 2 aliphatic carbocycles. The van der Waals surface area contributed by atoms with Gasteiger partial charge in [-0.15, -0.1) is 0 Å². The summed E-state index contributed by atoms with van der Waals surface area (Å²) in [5.74, 6) is 3.00. The van der Waals surface area contributed by atoms with Crippen molar-refractivity contribution in [2.24, 2.45) is 5.41 Å². The number of nitrogens with one attached hydrogen (secondary N) is 1. The minimum atomic E-state index is 0.472. The van der Waals surface area contributed by atoms with Crippen molar-refractivity contribution in [3.63, 3.8) is 0 Å². The van der Waals surface area contributed by atoms with Crippen molar-refractivity contribution >= 4 is 0 Å². The molecule has 0 aromatic carbocycles. The minimum Gasteiger partial charge on any atom is -0.339 e. The summed E-state index contributed by atoms with van der Waals surface area (Å²) in [5, 5.41) is 7.65. The first-order valence-electron chi connectivity index (χ1n) is 6.92. The normalized spacial score (nSPS) is 37.1. The quantitative estimate of drug-likeness (QED) is 0.850. The second-order valence-electron chi connectivity index (χ2n) is 6.02. The largest absolute Gasteiger partial charge is 0.339 e. The Labute approximate surface area is 101 Å². The molecule has 0 bridgehead atoms. The lowest BCUT2D eigenvalue weighted by atomic mass is 10.0. The summed E-state index contributed by atoms with van der Waals surface area (Å²) in [6.45, 7) is 2.29. The summed E-state index contributed by atoms with van der Waals surface area (Å²) in [5.41, 5.74) is 0.472. The van der Waals surface area contributed by atoms with Crippen LogP contribution >= 0.6 is 0 Å². The van der Waals surface area contributed by atoms with Crippen molar-refractivity contribution in [2.75, 3.05) is 13.1 Å². The predicted molar refractivity (Wildman–Crippen MR) is 62.8 cm³/mol. The van der Waals surface area contributed by atoms with Crippen molar-refractivity contribution in [3.05, 3.63) is 11.7 Å². The van der Waals surface area contributed by atoms with Crippen molar-refractivity contribution in [3.8, 4) is 0 Å². The van der Waals surface area contributed by atoms with E-state index in [2.05, 4.69) is 15.5 Å². The van der Waals surface area contributed by atoms with Gasteiger partial charge in [0.2, 0.25) is 5.89 Å². The van der Waals surface area contributed by atoms with E-state index >= 15 is 0 Å². The van der Waals surface area contributed by atoms with Crippen LogP contribution in [0.2, 0.25) is 0 Å². The molecule has 1 saturated heterocycles. The van der Waals surface area contributed by atoms with Crippen LogP contribution < -0.4 is 5.32 Å². The second kappa shape index (κ2) is 3.55. The Balaban J connectivity index is 1.52. The first kappa shape index (κ1) is 10.1. The van der Waals surface area contributed by atoms with E-state index in [1.165, 1.54) is 38.5 Å². The molecule has 4 nitrogen and oxygen atoms in total. The maximum atomic E-state index is 5.50. The topological polar surface area (TPSA) is 51.0 Å². The molecular weight excluding hydrogens is 214 g/mol. The molecule has 1 aromatic rings. The predicted octanol–water partition coefficient (Wildman–Crippen LogP) is 2.19. The van der Waals surface area contributed by atoms with Crippen molar-refractivity contribution in [1.29, 1.82) is 0 Å². The van der Waals surface area contributed by atoms with Gasteiger partial charge in [-0.3, -0.25) is 0 Å². The number of aromatic nitrogens is 2. The van der Waals surface area contributed by atoms with E-state index in [9.17, 15) is 0 Å². The third-order valence-corrected chi connectivity index (χ3v) is 4.94. The van der Waals surface area contributed by atoms with Gasteiger partial charge in [-0.2, -0.15) is 4.98 Å². The lowest BCUT2D eigenvalue weighted by Gasteiger charge is -2.03. The van der Waals surface area contributed by atoms with Crippen LogP contribution in [-0.4, -0.2) is 23.2 Å². The maximum Gasteiger partial charge on any atom is 0.230 e. The fraction of sp³-hybridized carbons (Fsp3) is 0.846. The molecule has 0 amide bonds. The van der Waals surface area contributed by atoms with Crippen LogP contribution in [0.15, 0.2) is 4.52 Å². The van der Waals surface area contributed by atoms with E-state index in [0.717, 1.165) is 24.8 Å². The molecule has 2 unspecified atom stereocenters. The van der Waals surface area contributed by atoms with Gasteiger partial charge in [0.15, 0.2) is 5.82 Å². The molecule has 2 heterocycles. The van der Waals surface area contributed by atoms with Gasteiger partial charge in [0.25, 0.3) is 0 Å². The zero-order chi connectivity index (χ0) is 11.3. The maximum absolute atomic E-state index is 5.50. The Morgan fingerprint density at radius 1 is 1.29 bits per heavy atom. The van der Waals surface area contributed by atoms with Crippen LogP contribution in [-0.2, 0) is 0 Å². The molecule has 2 atom stereocenters. The lowest BCUT2D eigenvalue weighted by Crippen LogP contribution is -2.10. The molecule has 1 spiro atoms. The highest BCUT2D eigenvalue weighted by atomic mass is 16.5. The summed E-state index contributed by atoms with van der Waals surface area (Å²) >= 11 is 0. The number of nitrogens with zero attached hydrogens (tertiary/aromatic N) is 2. The molecule has 1 N–H and O–H groups in total. The smallest absolute Gasteiger partial charge is 0.230 e. The van der Waals surface area contributed by atoms with Crippen LogP contribution in [0.4, 0.5) is 0 Å². The first-order valence-corrected chi connectivity index (χ1v) is 6.92. The van der Waals surface area contributed by atoms with Crippen molar-refractivity contribution in [2.45, 2.75) is 50.4 Å². The van der Waals surface area contributed by atoms with E-state index in [1.54, 1.807) is 0 Å². The third-order valence-electron chi connectivity index (χ3n) is 4.94. The highest BCUT2D eigenvalue weighted by molar-refractivity contribution is 5.20. The average molecular weight is 233 g/mol. The molecule has 17 heavy (non-hydrogen) atoms. The van der Waals surface area contributed by atoms with Crippen LogP contribution in [0.3, 0.4) is 0 Å². The number of hydrogen-bond donors (Lipinski definition) is 1. The molecule has 3 aliphatic rings. The van der Waals surface area contributed by atoms with Gasteiger partial charge in [0, 0.05) is 18.4 Å². The summed E-state index contributed by atoms with van der Waals surface area (Å²) in [6, 6.07) is 0. The lowest BCUT2D eigenvalue weighted by molar-refractivity contribution is 0.356. The van der Waals surface area contributed by atoms with Gasteiger partial charge in [0.1, 0.15) is 0 Å². The van der Waals surface area contributed by atoms with Gasteiger partial charge in [0.05, 0.1) is 0 Å². The van der Waals surface area contributed by atoms with Crippen LogP contribution in [0, 0.1) is 5.41 Å². The van der Waals surface area contributed by atoms with E-state index in [-0.39, 0.29) is 0 Å². The fourth-order valence-corrected chi connectivity index (χ4v) is 3.67. The van der Waals surface area contributed by atoms with Crippen LogP contribution in [0.5, 0.6) is 0 Å². The van der Waals surface area contributed by atoms with Gasteiger partial charge in [-0.05, 0) is 37.6 Å². The van der Waals surface area contributed by atoms with Gasteiger partial charge >= 0.3 is 0 Å². The number of rotatable bonds is 2. The molecule has 1 aromatic heterocycles. The van der Waals surface area contributed by atoms with E-state index in [4.69, 9.17) is 4.52 Å².